The SMILES string of the molecule is Cc1nnsc1C(=O)NCC1(c2cccc(F)c2F)CCCC1. The number of nitrogens with one attached hydrogen (secondary N) is 1. The molecule has 0 radical (unpaired) electrons. The fourth-order valence-electron chi connectivity index (χ4n) is 3.28. The van der Waals surface area contributed by atoms with Crippen molar-refractivity contribution in [2.24, 2.45) is 0 Å². The number of aryl methyl sites for hydroxylation is 1. The molecule has 1 aliphatic rings. The molecule has 1 aromatic carbocycles. The van der Waals surface area contributed by atoms with Gasteiger partial charge in [-0.05, 0) is 42.9 Å². The summed E-state index contributed by atoms with van der Waals surface area (Å²) in [6.45, 7) is 2.00. The highest BCUT2D eigenvalue weighted by molar-refractivity contribution is 7.07. The smallest absolute Gasteiger partial charge is 0.264 e. The molecule has 1 heterocycles. The zero-order valence-corrected chi connectivity index (χ0v) is 13.6. The summed E-state index contributed by atoms with van der Waals surface area (Å²) in [6.07, 6.45) is 3.33. The van der Waals surface area contributed by atoms with Gasteiger partial charge in [-0.1, -0.05) is 29.5 Å². The van der Waals surface area contributed by atoms with Crippen LogP contribution in [0.1, 0.15) is 46.6 Å². The zero-order chi connectivity index (χ0) is 16.4. The fourth-order valence-corrected chi connectivity index (χ4v) is 3.85. The Labute approximate surface area is 137 Å². The molecule has 2 aromatic rings. The van der Waals surface area contributed by atoms with Crippen molar-refractivity contribution < 1.29 is 13.6 Å². The van der Waals surface area contributed by atoms with Gasteiger partial charge >= 0.3 is 0 Å². The first-order chi connectivity index (χ1) is 11.0. The van der Waals surface area contributed by atoms with E-state index >= 15 is 0 Å². The molecule has 1 saturated carbocycles. The van der Waals surface area contributed by atoms with E-state index in [1.807, 2.05) is 0 Å². The van der Waals surface area contributed by atoms with Gasteiger partial charge in [0.15, 0.2) is 11.6 Å². The van der Waals surface area contributed by atoms with Crippen molar-refractivity contribution in [3.8, 4) is 0 Å². The molecule has 4 nitrogen and oxygen atoms in total. The Morgan fingerprint density at radius 2 is 2.09 bits per heavy atom. The third-order valence-corrected chi connectivity index (χ3v) is 5.36. The van der Waals surface area contributed by atoms with Crippen LogP contribution >= 0.6 is 11.5 Å². The van der Waals surface area contributed by atoms with Crippen LogP contribution in [-0.2, 0) is 5.41 Å². The molecule has 1 aromatic heterocycles. The van der Waals surface area contributed by atoms with E-state index in [9.17, 15) is 13.6 Å². The summed E-state index contributed by atoms with van der Waals surface area (Å²) in [5.41, 5.74) is 0.382. The van der Waals surface area contributed by atoms with Gasteiger partial charge in [0.05, 0.1) is 5.69 Å². The number of carbonyl (C=O) groups excluding carboxylic acids is 1. The molecule has 0 saturated heterocycles. The summed E-state index contributed by atoms with van der Waals surface area (Å²) in [7, 11) is 0. The fraction of sp³-hybridized carbons (Fsp3) is 0.438. The van der Waals surface area contributed by atoms with Crippen molar-refractivity contribution in [1.82, 2.24) is 14.9 Å². The van der Waals surface area contributed by atoms with E-state index in [0.29, 0.717) is 16.1 Å². The predicted molar refractivity (Wildman–Crippen MR) is 83.5 cm³/mol. The molecule has 0 bridgehead atoms. The average Bonchev–Trinajstić information content (AvgIpc) is 3.17. The summed E-state index contributed by atoms with van der Waals surface area (Å²) in [4.78, 5) is 12.7. The summed E-state index contributed by atoms with van der Waals surface area (Å²) in [5, 5.41) is 6.67. The van der Waals surface area contributed by atoms with Crippen LogP contribution in [0.5, 0.6) is 0 Å². The second-order valence-electron chi connectivity index (χ2n) is 5.96. The van der Waals surface area contributed by atoms with Gasteiger partial charge in [0, 0.05) is 12.0 Å². The van der Waals surface area contributed by atoms with E-state index in [4.69, 9.17) is 0 Å². The molecule has 7 heteroatoms. The molecular weight excluding hydrogens is 320 g/mol. The maximum Gasteiger partial charge on any atom is 0.264 e. The van der Waals surface area contributed by atoms with E-state index in [2.05, 4.69) is 14.9 Å². The number of nitrogens with zero attached hydrogens (tertiary/aromatic N) is 2. The van der Waals surface area contributed by atoms with Gasteiger partial charge in [-0.3, -0.25) is 4.79 Å². The van der Waals surface area contributed by atoms with Crippen LogP contribution in [0.2, 0.25) is 0 Å². The minimum atomic E-state index is -0.845. The van der Waals surface area contributed by atoms with Gasteiger partial charge in [0.1, 0.15) is 4.88 Å². The first-order valence-corrected chi connectivity index (χ1v) is 8.32. The molecule has 122 valence electrons. The lowest BCUT2D eigenvalue weighted by Gasteiger charge is -2.30. The van der Waals surface area contributed by atoms with Crippen molar-refractivity contribution in [3.05, 3.63) is 46.0 Å². The van der Waals surface area contributed by atoms with Crippen molar-refractivity contribution in [1.29, 1.82) is 0 Å². The summed E-state index contributed by atoms with van der Waals surface area (Å²) >= 11 is 1.03. The standard InChI is InChI=1S/C16H17F2N3OS/c1-10-14(23-21-20-10)15(22)19-9-16(7-2-3-8-16)11-5-4-6-12(17)13(11)18/h4-6H,2-3,7-9H2,1H3,(H,19,22). The Morgan fingerprint density at radius 1 is 1.35 bits per heavy atom. The van der Waals surface area contributed by atoms with E-state index in [-0.39, 0.29) is 12.5 Å². The number of rotatable bonds is 4. The molecule has 0 unspecified atom stereocenters. The van der Waals surface area contributed by atoms with Crippen molar-refractivity contribution in [3.63, 3.8) is 0 Å². The number of carbonyl (C=O) groups is 1. The first kappa shape index (κ1) is 16.0. The van der Waals surface area contributed by atoms with Crippen LogP contribution in [0.4, 0.5) is 8.78 Å². The Balaban J connectivity index is 1.83. The van der Waals surface area contributed by atoms with Crippen LogP contribution in [0.25, 0.3) is 0 Å². The van der Waals surface area contributed by atoms with Crippen molar-refractivity contribution >= 4 is 17.4 Å². The second kappa shape index (κ2) is 6.31. The van der Waals surface area contributed by atoms with E-state index in [1.165, 1.54) is 6.07 Å². The monoisotopic (exact) mass is 337 g/mol. The summed E-state index contributed by atoms with van der Waals surface area (Å²) in [5.74, 6) is -1.91. The number of benzene rings is 1. The first-order valence-electron chi connectivity index (χ1n) is 7.55. The number of hydrogen-bond acceptors (Lipinski definition) is 4. The highest BCUT2D eigenvalue weighted by Gasteiger charge is 2.38. The Bertz CT molecular complexity index is 726. The molecule has 3 rings (SSSR count). The zero-order valence-electron chi connectivity index (χ0n) is 12.7. The van der Waals surface area contributed by atoms with Crippen molar-refractivity contribution in [2.45, 2.75) is 38.0 Å². The normalized spacial score (nSPS) is 16.5. The number of amides is 1. The lowest BCUT2D eigenvalue weighted by atomic mass is 9.78. The van der Waals surface area contributed by atoms with Gasteiger partial charge in [-0.2, -0.15) is 0 Å². The van der Waals surface area contributed by atoms with Crippen LogP contribution in [0.3, 0.4) is 0 Å². The topological polar surface area (TPSA) is 54.9 Å². The Morgan fingerprint density at radius 3 is 2.74 bits per heavy atom. The molecule has 0 spiro atoms. The molecule has 1 amide bonds. The van der Waals surface area contributed by atoms with E-state index in [0.717, 1.165) is 43.3 Å². The predicted octanol–water partition coefficient (Wildman–Crippen LogP) is 3.37. The van der Waals surface area contributed by atoms with E-state index in [1.54, 1.807) is 13.0 Å². The molecule has 0 atom stereocenters. The Hall–Kier alpha value is -1.89. The molecule has 1 fully saturated rings. The number of hydrogen-bond donors (Lipinski definition) is 1. The second-order valence-corrected chi connectivity index (χ2v) is 6.71. The van der Waals surface area contributed by atoms with Gasteiger partial charge < -0.3 is 5.32 Å². The molecule has 0 aliphatic heterocycles. The minimum absolute atomic E-state index is 0.263. The van der Waals surface area contributed by atoms with Crippen LogP contribution < -0.4 is 5.32 Å². The largest absolute Gasteiger partial charge is 0.350 e. The van der Waals surface area contributed by atoms with Gasteiger partial charge in [-0.15, -0.1) is 5.10 Å². The number of aromatic nitrogens is 2. The van der Waals surface area contributed by atoms with Crippen LogP contribution in [-0.4, -0.2) is 22.0 Å². The van der Waals surface area contributed by atoms with Gasteiger partial charge in [-0.25, -0.2) is 8.78 Å². The van der Waals surface area contributed by atoms with Crippen LogP contribution in [0, 0.1) is 18.6 Å². The summed E-state index contributed by atoms with van der Waals surface area (Å²) in [6, 6.07) is 4.26. The lowest BCUT2D eigenvalue weighted by molar-refractivity contribution is 0.0946. The van der Waals surface area contributed by atoms with Crippen molar-refractivity contribution in [2.75, 3.05) is 6.54 Å². The lowest BCUT2D eigenvalue weighted by Crippen LogP contribution is -2.39. The third kappa shape index (κ3) is 2.97. The Kier molecular flexibility index (Phi) is 4.39. The minimum Gasteiger partial charge on any atom is -0.350 e. The van der Waals surface area contributed by atoms with Gasteiger partial charge in [0.2, 0.25) is 0 Å². The molecule has 1 N–H and O–H groups in total. The quantitative estimate of drug-likeness (QED) is 0.931. The molecule has 23 heavy (non-hydrogen) atoms. The average molecular weight is 337 g/mol. The molecule has 1 aliphatic carbocycles. The highest BCUT2D eigenvalue weighted by atomic mass is 32.1. The highest BCUT2D eigenvalue weighted by Crippen LogP contribution is 2.42. The maximum absolute atomic E-state index is 14.3. The van der Waals surface area contributed by atoms with Crippen LogP contribution in [0.15, 0.2) is 18.2 Å². The third-order valence-electron chi connectivity index (χ3n) is 4.53. The van der Waals surface area contributed by atoms with E-state index < -0.39 is 17.0 Å². The number of halogens is 2. The summed E-state index contributed by atoms with van der Waals surface area (Å²) < 4.78 is 31.6. The van der Waals surface area contributed by atoms with Gasteiger partial charge in [0.25, 0.3) is 5.91 Å². The maximum atomic E-state index is 14.3. The molecular formula is C16H17F2N3OS.